The zero-order valence-electron chi connectivity index (χ0n) is 23.2. The highest BCUT2D eigenvalue weighted by Crippen LogP contribution is 2.32. The van der Waals surface area contributed by atoms with E-state index >= 15 is 0 Å². The van der Waals surface area contributed by atoms with Crippen molar-refractivity contribution < 1.29 is 14.3 Å². The molecule has 2 N–H and O–H groups in total. The van der Waals surface area contributed by atoms with E-state index < -0.39 is 0 Å². The van der Waals surface area contributed by atoms with E-state index in [1.807, 2.05) is 73.7 Å². The first-order valence-corrected chi connectivity index (χ1v) is 13.5. The molecule has 8 heteroatoms. The van der Waals surface area contributed by atoms with Crippen LogP contribution in [0.4, 0.5) is 16.3 Å². The van der Waals surface area contributed by atoms with Crippen molar-refractivity contribution in [2.24, 2.45) is 0 Å². The number of hydrogen-bond acceptors (Lipinski definition) is 5. The first-order valence-electron chi connectivity index (χ1n) is 13.5. The molecule has 4 aromatic rings. The summed E-state index contributed by atoms with van der Waals surface area (Å²) in [5, 5.41) is 12.8. The van der Waals surface area contributed by atoms with Crippen molar-refractivity contribution in [1.82, 2.24) is 14.7 Å². The molecule has 8 nitrogen and oxygen atoms in total. The molecule has 2 amide bonds. The van der Waals surface area contributed by atoms with Crippen LogP contribution in [-0.2, 0) is 10.2 Å². The van der Waals surface area contributed by atoms with Crippen molar-refractivity contribution in [3.05, 3.63) is 78.0 Å². The number of para-hydroxylation sites is 1. The number of carbonyl (C=O) groups is 1. The van der Waals surface area contributed by atoms with Gasteiger partial charge in [0.05, 0.1) is 30.3 Å². The molecule has 0 radical (unpaired) electrons. The normalized spacial score (nSPS) is 14.4. The minimum Gasteiger partial charge on any atom is -0.492 e. The van der Waals surface area contributed by atoms with E-state index in [2.05, 4.69) is 36.3 Å². The standard InChI is InChI=1S/C31H37N5O3/c1-22-9-5-8-12-26(22)36-29(21-28(34-36)31(2,3)4)33-30(37)32-25-13-14-27(24-11-7-6-10-23(24)25)39-20-17-35-15-18-38-19-16-35/h5-14,21H,15-20H2,1-4H3,(H2,32,33,37). The summed E-state index contributed by atoms with van der Waals surface area (Å²) in [6, 6.07) is 21.4. The average Bonchev–Trinajstić information content (AvgIpc) is 3.35. The van der Waals surface area contributed by atoms with E-state index in [9.17, 15) is 4.79 Å². The van der Waals surface area contributed by atoms with Crippen LogP contribution in [0.3, 0.4) is 0 Å². The Kier molecular flexibility index (Phi) is 7.86. The average molecular weight is 528 g/mol. The Morgan fingerprint density at radius 2 is 1.69 bits per heavy atom. The number of aryl methyl sites for hydroxylation is 1. The van der Waals surface area contributed by atoms with Crippen molar-refractivity contribution in [3.63, 3.8) is 0 Å². The highest BCUT2D eigenvalue weighted by atomic mass is 16.5. The predicted octanol–water partition coefficient (Wildman–Crippen LogP) is 5.99. The molecule has 5 rings (SSSR count). The molecule has 2 heterocycles. The monoisotopic (exact) mass is 527 g/mol. The largest absolute Gasteiger partial charge is 0.492 e. The van der Waals surface area contributed by atoms with Crippen LogP contribution in [0, 0.1) is 6.92 Å². The van der Waals surface area contributed by atoms with Gasteiger partial charge in [0.25, 0.3) is 0 Å². The Labute approximate surface area is 229 Å². The van der Waals surface area contributed by atoms with Crippen molar-refractivity contribution in [3.8, 4) is 11.4 Å². The molecule has 1 fully saturated rings. The van der Waals surface area contributed by atoms with Crippen LogP contribution in [0.15, 0.2) is 66.7 Å². The fourth-order valence-electron chi connectivity index (χ4n) is 4.71. The SMILES string of the molecule is Cc1ccccc1-n1nc(C(C)(C)C)cc1NC(=O)Nc1ccc(OCCN2CCOCC2)c2ccccc12. The summed E-state index contributed by atoms with van der Waals surface area (Å²) in [4.78, 5) is 15.6. The van der Waals surface area contributed by atoms with Crippen molar-refractivity contribution in [1.29, 1.82) is 0 Å². The quantitative estimate of drug-likeness (QED) is 0.309. The second-order valence-electron chi connectivity index (χ2n) is 10.9. The van der Waals surface area contributed by atoms with Crippen LogP contribution >= 0.6 is 0 Å². The van der Waals surface area contributed by atoms with Crippen LogP contribution in [0.2, 0.25) is 0 Å². The van der Waals surface area contributed by atoms with Crippen molar-refractivity contribution in [2.75, 3.05) is 50.1 Å². The van der Waals surface area contributed by atoms with Gasteiger partial charge in [-0.1, -0.05) is 63.2 Å². The zero-order chi connectivity index (χ0) is 27.4. The number of fused-ring (bicyclic) bond motifs is 1. The molecule has 0 spiro atoms. The van der Waals surface area contributed by atoms with Crippen LogP contribution in [0.25, 0.3) is 16.5 Å². The van der Waals surface area contributed by atoms with Gasteiger partial charge in [-0.2, -0.15) is 5.10 Å². The molecular weight excluding hydrogens is 490 g/mol. The summed E-state index contributed by atoms with van der Waals surface area (Å²) >= 11 is 0. The van der Waals surface area contributed by atoms with Gasteiger partial charge in [0.1, 0.15) is 18.2 Å². The number of benzene rings is 3. The molecule has 0 aliphatic carbocycles. The highest BCUT2D eigenvalue weighted by Gasteiger charge is 2.22. The van der Waals surface area contributed by atoms with E-state index in [1.54, 1.807) is 4.68 Å². The molecule has 39 heavy (non-hydrogen) atoms. The summed E-state index contributed by atoms with van der Waals surface area (Å²) < 4.78 is 13.4. The van der Waals surface area contributed by atoms with Gasteiger partial charge in [-0.15, -0.1) is 0 Å². The molecule has 0 atom stereocenters. The number of urea groups is 1. The predicted molar refractivity (Wildman–Crippen MR) is 156 cm³/mol. The third-order valence-electron chi connectivity index (χ3n) is 6.96. The number of ether oxygens (including phenoxy) is 2. The summed E-state index contributed by atoms with van der Waals surface area (Å²) in [6.45, 7) is 13.2. The molecule has 0 bridgehead atoms. The number of hydrogen-bond donors (Lipinski definition) is 2. The third-order valence-corrected chi connectivity index (χ3v) is 6.96. The van der Waals surface area contributed by atoms with Crippen LogP contribution < -0.4 is 15.4 Å². The van der Waals surface area contributed by atoms with Gasteiger partial charge >= 0.3 is 6.03 Å². The highest BCUT2D eigenvalue weighted by molar-refractivity contribution is 6.07. The summed E-state index contributed by atoms with van der Waals surface area (Å²) in [6.07, 6.45) is 0. The number of anilines is 2. The molecule has 3 aromatic carbocycles. The zero-order valence-corrected chi connectivity index (χ0v) is 23.2. The molecule has 1 aromatic heterocycles. The molecule has 204 valence electrons. The lowest BCUT2D eigenvalue weighted by atomic mass is 9.92. The number of nitrogens with zero attached hydrogens (tertiary/aromatic N) is 3. The Morgan fingerprint density at radius 1 is 0.974 bits per heavy atom. The molecule has 1 aliphatic rings. The fourth-order valence-corrected chi connectivity index (χ4v) is 4.71. The number of aromatic nitrogens is 2. The van der Waals surface area contributed by atoms with Gasteiger partial charge in [-0.3, -0.25) is 10.2 Å². The van der Waals surface area contributed by atoms with Gasteiger partial charge in [0, 0.05) is 41.9 Å². The fraction of sp³-hybridized carbons (Fsp3) is 0.355. The van der Waals surface area contributed by atoms with Gasteiger partial charge in [0.15, 0.2) is 0 Å². The number of nitrogens with one attached hydrogen (secondary N) is 2. The molecule has 1 aliphatic heterocycles. The molecule has 1 saturated heterocycles. The number of carbonyl (C=O) groups excluding carboxylic acids is 1. The Hall–Kier alpha value is -3.88. The summed E-state index contributed by atoms with van der Waals surface area (Å²) in [5.41, 5.74) is 3.42. The maximum Gasteiger partial charge on any atom is 0.324 e. The summed E-state index contributed by atoms with van der Waals surface area (Å²) in [7, 11) is 0. The lowest BCUT2D eigenvalue weighted by Crippen LogP contribution is -2.38. The van der Waals surface area contributed by atoms with E-state index in [1.165, 1.54) is 0 Å². The minimum absolute atomic E-state index is 0.172. The lowest BCUT2D eigenvalue weighted by molar-refractivity contribution is 0.0323. The lowest BCUT2D eigenvalue weighted by Gasteiger charge is -2.26. The maximum atomic E-state index is 13.3. The smallest absolute Gasteiger partial charge is 0.324 e. The van der Waals surface area contributed by atoms with Crippen LogP contribution in [0.5, 0.6) is 5.75 Å². The molecular formula is C31H37N5O3. The van der Waals surface area contributed by atoms with E-state index in [4.69, 9.17) is 14.6 Å². The maximum absolute atomic E-state index is 13.3. The van der Waals surface area contributed by atoms with Crippen molar-refractivity contribution >= 4 is 28.3 Å². The van der Waals surface area contributed by atoms with Gasteiger partial charge in [-0.25, -0.2) is 9.48 Å². The van der Waals surface area contributed by atoms with Gasteiger partial charge in [-0.05, 0) is 30.7 Å². The number of rotatable bonds is 7. The Bertz CT molecular complexity index is 1450. The Balaban J connectivity index is 1.34. The number of amides is 2. The van der Waals surface area contributed by atoms with E-state index in [0.717, 1.165) is 66.3 Å². The van der Waals surface area contributed by atoms with Crippen LogP contribution in [-0.4, -0.2) is 60.2 Å². The van der Waals surface area contributed by atoms with E-state index in [0.29, 0.717) is 18.1 Å². The first-order chi connectivity index (χ1) is 18.8. The first kappa shape index (κ1) is 26.7. The van der Waals surface area contributed by atoms with Gasteiger partial charge < -0.3 is 14.8 Å². The second kappa shape index (κ2) is 11.5. The molecule has 0 saturated carbocycles. The second-order valence-corrected chi connectivity index (χ2v) is 10.9. The van der Waals surface area contributed by atoms with Gasteiger partial charge in [0.2, 0.25) is 0 Å². The van der Waals surface area contributed by atoms with E-state index in [-0.39, 0.29) is 11.4 Å². The Morgan fingerprint density at radius 3 is 2.44 bits per heavy atom. The minimum atomic E-state index is -0.337. The van der Waals surface area contributed by atoms with Crippen molar-refractivity contribution in [2.45, 2.75) is 33.1 Å². The number of morpholine rings is 1. The summed E-state index contributed by atoms with van der Waals surface area (Å²) in [5.74, 6) is 1.41. The third kappa shape index (κ3) is 6.24. The van der Waals surface area contributed by atoms with Crippen LogP contribution in [0.1, 0.15) is 32.0 Å². The topological polar surface area (TPSA) is 80.7 Å². The molecule has 0 unspecified atom stereocenters.